The number of rotatable bonds is 1. The van der Waals surface area contributed by atoms with Crippen molar-refractivity contribution in [3.05, 3.63) is 24.0 Å². The van der Waals surface area contributed by atoms with Crippen LogP contribution in [0.25, 0.3) is 0 Å². The third-order valence-electron chi connectivity index (χ3n) is 1.49. The molecule has 0 spiro atoms. The van der Waals surface area contributed by atoms with Gasteiger partial charge in [-0.3, -0.25) is 0 Å². The Kier molecular flexibility index (Phi) is 5.42. The zero-order chi connectivity index (χ0) is 10.4. The van der Waals surface area contributed by atoms with Crippen LogP contribution in [0.15, 0.2) is 18.2 Å². The van der Waals surface area contributed by atoms with Crippen molar-refractivity contribution in [1.29, 1.82) is 0 Å². The zero-order valence-corrected chi connectivity index (χ0v) is 8.90. The van der Waals surface area contributed by atoms with Crippen LogP contribution in [0, 0.1) is 5.82 Å². The lowest BCUT2D eigenvalue weighted by molar-refractivity contribution is -0.255. The maximum absolute atomic E-state index is 13.0. The highest BCUT2D eigenvalue weighted by atomic mass is 35.5. The third kappa shape index (κ3) is 3.61. The second kappa shape index (κ2) is 5.78. The number of quaternary nitrogens is 1. The van der Waals surface area contributed by atoms with Crippen LogP contribution in [-0.4, -0.2) is 20.5 Å². The van der Waals surface area contributed by atoms with Gasteiger partial charge >= 0.3 is 0 Å². The molecule has 1 aromatic rings. The first-order valence-corrected chi connectivity index (χ1v) is 4.53. The summed E-state index contributed by atoms with van der Waals surface area (Å²) in [7, 11) is 3.61. The summed E-state index contributed by atoms with van der Waals surface area (Å²) in [6.45, 7) is 0. The Morgan fingerprint density at radius 3 is 2.23 bits per heavy atom. The molecule has 0 atom stereocenters. The summed E-state index contributed by atoms with van der Waals surface area (Å²) in [6, 6.07) is 4.94. The Morgan fingerprint density at radius 1 is 1.31 bits per heavy atom. The molecule has 0 fully saturated rings. The van der Waals surface area contributed by atoms with Crippen LogP contribution in [0.4, 0.5) is 15.8 Å². The van der Waals surface area contributed by atoms with Crippen LogP contribution in [0.3, 0.4) is 0 Å². The molecule has 1 rings (SSSR count). The molecule has 0 aromatic heterocycles. The summed E-state index contributed by atoms with van der Waals surface area (Å²) < 4.78 is 13.0. The molecule has 0 aliphatic rings. The van der Waals surface area contributed by atoms with E-state index < -0.39 is 0 Å². The van der Waals surface area contributed by atoms with Crippen molar-refractivity contribution in [2.75, 3.05) is 25.4 Å². The monoisotopic (exact) mass is 205 g/mol. The van der Waals surface area contributed by atoms with Gasteiger partial charge in [0.05, 0.1) is 5.69 Å². The van der Waals surface area contributed by atoms with E-state index in [4.69, 9.17) is 0 Å². The molecule has 0 aliphatic heterocycles. The van der Waals surface area contributed by atoms with Crippen LogP contribution in [0.1, 0.15) is 0 Å². The van der Waals surface area contributed by atoms with Crippen LogP contribution < -0.4 is 10.6 Å². The average molecular weight is 206 g/mol. The van der Waals surface area contributed by atoms with Crippen LogP contribution >= 0.6 is 11.6 Å². The van der Waals surface area contributed by atoms with Crippen molar-refractivity contribution in [1.82, 2.24) is 0 Å². The van der Waals surface area contributed by atoms with Gasteiger partial charge in [0.25, 0.3) is 0 Å². The molecule has 13 heavy (non-hydrogen) atoms. The molecule has 2 nitrogen and oxygen atoms in total. The highest BCUT2D eigenvalue weighted by molar-refractivity contribution is 6.15. The van der Waals surface area contributed by atoms with E-state index >= 15 is 0 Å². The average Bonchev–Trinajstić information content (AvgIpc) is 2.07. The molecule has 0 unspecified atom stereocenters. The maximum Gasteiger partial charge on any atom is 0.152 e. The van der Waals surface area contributed by atoms with Crippen molar-refractivity contribution in [2.24, 2.45) is 0 Å². The fourth-order valence-electron chi connectivity index (χ4n) is 0.913. The van der Waals surface area contributed by atoms with Crippen molar-refractivity contribution < 1.29 is 10.1 Å². The van der Waals surface area contributed by atoms with Gasteiger partial charge in [-0.1, -0.05) is 0 Å². The van der Waals surface area contributed by atoms with Gasteiger partial charge in [-0.2, -0.15) is 0 Å². The Labute approximate surface area is 83.1 Å². The predicted molar refractivity (Wildman–Crippen MR) is 55.1 cm³/mol. The molecular formula is C9H15ClFN2+. The molecule has 0 aliphatic carbocycles. The summed E-state index contributed by atoms with van der Waals surface area (Å²) >= 11 is 4.64. The van der Waals surface area contributed by atoms with Crippen LogP contribution in [0.5, 0.6) is 0 Å². The molecule has 4 heteroatoms. The first kappa shape index (κ1) is 12.2. The maximum atomic E-state index is 13.0. The van der Waals surface area contributed by atoms with Gasteiger partial charge in [0.2, 0.25) is 0 Å². The van der Waals surface area contributed by atoms with Gasteiger partial charge in [-0.25, -0.2) is 4.39 Å². The van der Waals surface area contributed by atoms with E-state index in [1.54, 1.807) is 31.1 Å². The van der Waals surface area contributed by atoms with E-state index in [0.717, 1.165) is 0 Å². The Morgan fingerprint density at radius 2 is 1.85 bits per heavy atom. The Balaban J connectivity index is 0.000000671. The van der Waals surface area contributed by atoms with Crippen molar-refractivity contribution in [3.63, 3.8) is 0 Å². The minimum absolute atomic E-state index is 0.220. The van der Waals surface area contributed by atoms with Crippen molar-refractivity contribution in [3.8, 4) is 0 Å². The minimum atomic E-state index is -0.220. The van der Waals surface area contributed by atoms with Crippen molar-refractivity contribution >= 4 is 23.0 Å². The molecule has 74 valence electrons. The number of hydrogen-bond donors (Lipinski definition) is 1. The number of anilines is 1. The minimum Gasteiger partial charge on any atom is -0.375 e. The quantitative estimate of drug-likeness (QED) is 0.695. The predicted octanol–water partition coefficient (Wildman–Crippen LogP) is 1.62. The van der Waals surface area contributed by atoms with E-state index in [0.29, 0.717) is 11.4 Å². The smallest absolute Gasteiger partial charge is 0.152 e. The zero-order valence-electron chi connectivity index (χ0n) is 8.14. The van der Waals surface area contributed by atoms with E-state index in [1.807, 2.05) is 0 Å². The van der Waals surface area contributed by atoms with Crippen molar-refractivity contribution in [2.45, 2.75) is 0 Å². The Hall–Kier alpha value is -0.800. The van der Waals surface area contributed by atoms with Gasteiger partial charge in [0.1, 0.15) is 5.69 Å². The highest BCUT2D eigenvalue weighted by Gasteiger charge is 2.03. The fourth-order valence-corrected chi connectivity index (χ4v) is 0.913. The summed E-state index contributed by atoms with van der Waals surface area (Å²) in [5, 5.41) is 0. The van der Waals surface area contributed by atoms with Gasteiger partial charge in [0, 0.05) is 32.6 Å². The van der Waals surface area contributed by atoms with E-state index in [9.17, 15) is 4.39 Å². The largest absolute Gasteiger partial charge is 0.375 e. The molecule has 0 heterocycles. The SMILES string of the molecule is CCl.CN(C)c1ccc([NH3+])cc1F. The third-order valence-corrected chi connectivity index (χ3v) is 1.49. The summed E-state index contributed by atoms with van der Waals surface area (Å²) in [5.74, 6) is -0.220. The lowest BCUT2D eigenvalue weighted by Gasteiger charge is -2.12. The highest BCUT2D eigenvalue weighted by Crippen LogP contribution is 2.17. The molecular weight excluding hydrogens is 191 g/mol. The normalized spacial score (nSPS) is 8.77. The molecule has 0 saturated heterocycles. The van der Waals surface area contributed by atoms with E-state index in [1.165, 1.54) is 12.4 Å². The van der Waals surface area contributed by atoms with Gasteiger partial charge < -0.3 is 10.6 Å². The first-order chi connectivity index (χ1) is 6.11. The van der Waals surface area contributed by atoms with Crippen LogP contribution in [0.2, 0.25) is 0 Å². The van der Waals surface area contributed by atoms with Crippen LogP contribution in [-0.2, 0) is 0 Å². The fraction of sp³-hybridized carbons (Fsp3) is 0.333. The second-order valence-corrected chi connectivity index (χ2v) is 2.68. The lowest BCUT2D eigenvalue weighted by Crippen LogP contribution is -2.40. The molecule has 3 N–H and O–H groups in total. The van der Waals surface area contributed by atoms with Gasteiger partial charge in [0.15, 0.2) is 5.82 Å². The van der Waals surface area contributed by atoms with Gasteiger partial charge in [-0.15, -0.1) is 11.6 Å². The Bertz CT molecular complexity index is 264. The number of alkyl halides is 1. The standard InChI is InChI=1S/C8H11FN2.CH3Cl/c1-11(2)8-4-3-6(10)5-7(8)9;1-2/h3-5H,10H2,1-2H3;1H3/p+1. The second-order valence-electron chi connectivity index (χ2n) is 2.68. The number of nitrogens with zero attached hydrogens (tertiary/aromatic N) is 1. The summed E-state index contributed by atoms with van der Waals surface area (Å²) in [5.41, 5.74) is 4.92. The topological polar surface area (TPSA) is 30.9 Å². The van der Waals surface area contributed by atoms with E-state index in [2.05, 4.69) is 17.3 Å². The van der Waals surface area contributed by atoms with Gasteiger partial charge in [-0.05, 0) is 6.07 Å². The molecule has 0 saturated carbocycles. The number of halogens is 2. The molecule has 0 amide bonds. The molecule has 1 aromatic carbocycles. The number of hydrogen-bond acceptors (Lipinski definition) is 1. The first-order valence-electron chi connectivity index (χ1n) is 3.78. The van der Waals surface area contributed by atoms with E-state index in [-0.39, 0.29) is 5.82 Å². The molecule has 0 radical (unpaired) electrons. The summed E-state index contributed by atoms with van der Waals surface area (Å²) in [6.07, 6.45) is 1.47. The number of benzene rings is 1. The molecule has 0 bridgehead atoms. The lowest BCUT2D eigenvalue weighted by atomic mass is 10.2. The summed E-state index contributed by atoms with van der Waals surface area (Å²) in [4.78, 5) is 1.73.